The van der Waals surface area contributed by atoms with E-state index in [9.17, 15) is 18.0 Å². The highest BCUT2D eigenvalue weighted by Crippen LogP contribution is 2.34. The minimum Gasteiger partial charge on any atom is -0.487 e. The summed E-state index contributed by atoms with van der Waals surface area (Å²) >= 11 is 1.37. The molecule has 186 valence electrons. The smallest absolute Gasteiger partial charge is 0.416 e. The van der Waals surface area contributed by atoms with Gasteiger partial charge in [-0.05, 0) is 43.5 Å². The molecule has 2 aliphatic heterocycles. The van der Waals surface area contributed by atoms with Gasteiger partial charge in [-0.15, -0.1) is 11.3 Å². The lowest BCUT2D eigenvalue weighted by Gasteiger charge is -2.36. The monoisotopic (exact) mass is 497 g/mol. The van der Waals surface area contributed by atoms with Crippen LogP contribution in [0.4, 0.5) is 13.2 Å². The first-order valence-corrected chi connectivity index (χ1v) is 12.2. The summed E-state index contributed by atoms with van der Waals surface area (Å²) in [5, 5.41) is 0. The van der Waals surface area contributed by atoms with E-state index < -0.39 is 17.6 Å². The van der Waals surface area contributed by atoms with Gasteiger partial charge in [-0.1, -0.05) is 20.8 Å². The Hall–Kier alpha value is -2.17. The van der Waals surface area contributed by atoms with Crippen molar-refractivity contribution in [1.82, 2.24) is 9.47 Å². The number of benzene rings is 1. The third-order valence-corrected chi connectivity index (χ3v) is 7.39. The number of likely N-dealkylation sites (tertiary alicyclic amines) is 1. The molecular formula is C24H30F3N3O3S. The molecule has 1 aromatic heterocycles. The van der Waals surface area contributed by atoms with Crippen LogP contribution >= 0.6 is 11.3 Å². The number of hydrogen-bond acceptors (Lipinski definition) is 5. The summed E-state index contributed by atoms with van der Waals surface area (Å²) in [5.41, 5.74) is -1.25. The summed E-state index contributed by atoms with van der Waals surface area (Å²) in [7, 11) is 1.92. The van der Waals surface area contributed by atoms with Crippen LogP contribution in [0, 0.1) is 0 Å². The third kappa shape index (κ3) is 5.72. The van der Waals surface area contributed by atoms with E-state index in [1.54, 1.807) is 0 Å². The number of alkyl halides is 3. The SMILES string of the molecule is CN1CC(Oc2ccc(C(F)(F)F)cc2C(=O)/N=c2\sc(C(C)(C)C)cn2C[C@H]2CCCO2)C1. The van der Waals surface area contributed by atoms with E-state index in [0.29, 0.717) is 31.0 Å². The summed E-state index contributed by atoms with van der Waals surface area (Å²) in [5.74, 6) is -0.629. The van der Waals surface area contributed by atoms with Crippen molar-refractivity contribution in [3.8, 4) is 5.75 Å². The number of amides is 1. The number of likely N-dealkylation sites (N-methyl/N-ethyl adjacent to an activating group) is 1. The Kier molecular flexibility index (Phi) is 6.94. The van der Waals surface area contributed by atoms with Gasteiger partial charge >= 0.3 is 6.18 Å². The van der Waals surface area contributed by atoms with Crippen LogP contribution in [0.3, 0.4) is 0 Å². The first kappa shape index (κ1) is 24.9. The highest BCUT2D eigenvalue weighted by Gasteiger charge is 2.33. The lowest BCUT2D eigenvalue weighted by Crippen LogP contribution is -2.51. The highest BCUT2D eigenvalue weighted by molar-refractivity contribution is 7.09. The van der Waals surface area contributed by atoms with Crippen LogP contribution in [0.25, 0.3) is 0 Å². The van der Waals surface area contributed by atoms with Crippen LogP contribution in [0.1, 0.15) is 54.4 Å². The second-order valence-electron chi connectivity index (χ2n) is 10.0. The molecular weight excluding hydrogens is 467 g/mol. The van der Waals surface area contributed by atoms with Crippen molar-refractivity contribution in [2.75, 3.05) is 26.7 Å². The van der Waals surface area contributed by atoms with E-state index in [-0.39, 0.29) is 28.9 Å². The Labute approximate surface area is 201 Å². The van der Waals surface area contributed by atoms with Gasteiger partial charge in [0.2, 0.25) is 0 Å². The lowest BCUT2D eigenvalue weighted by atomic mass is 9.95. The van der Waals surface area contributed by atoms with Gasteiger partial charge in [-0.2, -0.15) is 18.2 Å². The number of nitrogens with zero attached hydrogens (tertiary/aromatic N) is 3. The van der Waals surface area contributed by atoms with Crippen molar-refractivity contribution >= 4 is 17.2 Å². The maximum Gasteiger partial charge on any atom is 0.416 e. The minimum absolute atomic E-state index is 0.0273. The molecule has 2 saturated heterocycles. The summed E-state index contributed by atoms with van der Waals surface area (Å²) in [6, 6.07) is 3.00. The Balaban J connectivity index is 1.72. The maximum atomic E-state index is 13.4. The number of aromatic nitrogens is 1. The van der Waals surface area contributed by atoms with E-state index >= 15 is 0 Å². The molecule has 0 spiro atoms. The average molecular weight is 498 g/mol. The molecule has 0 saturated carbocycles. The average Bonchev–Trinajstić information content (AvgIpc) is 3.36. The fraction of sp³-hybridized carbons (Fsp3) is 0.583. The van der Waals surface area contributed by atoms with Crippen LogP contribution in [-0.4, -0.2) is 54.3 Å². The van der Waals surface area contributed by atoms with Gasteiger partial charge in [0.05, 0.1) is 23.8 Å². The topological polar surface area (TPSA) is 56.1 Å². The zero-order chi connectivity index (χ0) is 24.7. The van der Waals surface area contributed by atoms with Crippen LogP contribution in [-0.2, 0) is 22.9 Å². The minimum atomic E-state index is -4.58. The van der Waals surface area contributed by atoms with Crippen LogP contribution in [0.5, 0.6) is 5.75 Å². The molecule has 1 amide bonds. The van der Waals surface area contributed by atoms with E-state index in [1.165, 1.54) is 17.4 Å². The number of halogens is 3. The Morgan fingerprint density at radius 2 is 2.00 bits per heavy atom. The van der Waals surface area contributed by atoms with E-state index in [1.807, 2.05) is 22.7 Å². The molecule has 2 aromatic rings. The molecule has 34 heavy (non-hydrogen) atoms. The van der Waals surface area contributed by atoms with Crippen molar-refractivity contribution in [3.63, 3.8) is 0 Å². The fourth-order valence-corrected chi connectivity index (χ4v) is 5.03. The lowest BCUT2D eigenvalue weighted by molar-refractivity contribution is -0.137. The summed E-state index contributed by atoms with van der Waals surface area (Å²) in [4.78, 5) is 21.0. The Morgan fingerprint density at radius 3 is 2.59 bits per heavy atom. The molecule has 2 aliphatic rings. The van der Waals surface area contributed by atoms with Crippen molar-refractivity contribution in [3.05, 3.63) is 45.2 Å². The molecule has 10 heteroatoms. The standard InChI is InChI=1S/C24H30F3N3O3S/c1-23(2,3)20-14-30(13-16-6-5-9-32-16)22(34-20)28-21(31)18-10-15(24(25,26)27)7-8-19(18)33-17-11-29(4)12-17/h7-8,10,14,16-17H,5-6,9,11-13H2,1-4H3/b28-22-/t16-/m1/s1. The molecule has 1 atom stereocenters. The molecule has 6 nitrogen and oxygen atoms in total. The summed E-state index contributed by atoms with van der Waals surface area (Å²) in [6.45, 7) is 8.73. The highest BCUT2D eigenvalue weighted by atomic mass is 32.1. The second kappa shape index (κ2) is 9.47. The molecule has 0 radical (unpaired) electrons. The van der Waals surface area contributed by atoms with Gasteiger partial charge in [-0.25, -0.2) is 0 Å². The molecule has 0 unspecified atom stereocenters. The third-order valence-electron chi connectivity index (χ3n) is 5.94. The van der Waals surface area contributed by atoms with Gasteiger partial charge in [0, 0.05) is 30.8 Å². The molecule has 4 rings (SSSR count). The number of rotatable bonds is 5. The van der Waals surface area contributed by atoms with E-state index in [4.69, 9.17) is 9.47 Å². The predicted molar refractivity (Wildman–Crippen MR) is 123 cm³/mol. The fourth-order valence-electron chi connectivity index (χ4n) is 3.97. The maximum absolute atomic E-state index is 13.4. The van der Waals surface area contributed by atoms with Crippen LogP contribution in [0.2, 0.25) is 0 Å². The molecule has 0 bridgehead atoms. The first-order chi connectivity index (χ1) is 15.9. The zero-order valence-electron chi connectivity index (χ0n) is 19.8. The largest absolute Gasteiger partial charge is 0.487 e. The Morgan fingerprint density at radius 1 is 1.26 bits per heavy atom. The van der Waals surface area contributed by atoms with E-state index in [2.05, 4.69) is 25.8 Å². The summed E-state index contributed by atoms with van der Waals surface area (Å²) < 4.78 is 53.7. The second-order valence-corrected chi connectivity index (χ2v) is 11.0. The normalized spacial score (nSPS) is 20.6. The molecule has 3 heterocycles. The Bertz CT molecular complexity index is 1110. The quantitative estimate of drug-likeness (QED) is 0.611. The number of thiazole rings is 1. The number of carbonyl (C=O) groups excluding carboxylic acids is 1. The van der Waals surface area contributed by atoms with Crippen molar-refractivity contribution in [1.29, 1.82) is 0 Å². The van der Waals surface area contributed by atoms with Gasteiger partial charge in [0.15, 0.2) is 4.80 Å². The van der Waals surface area contributed by atoms with Gasteiger partial charge in [0.1, 0.15) is 11.9 Å². The van der Waals surface area contributed by atoms with Crippen LogP contribution < -0.4 is 9.54 Å². The number of carbonyl (C=O) groups is 1. The number of hydrogen-bond donors (Lipinski definition) is 0. The van der Waals surface area contributed by atoms with Crippen molar-refractivity contribution < 1.29 is 27.4 Å². The van der Waals surface area contributed by atoms with Gasteiger partial charge in [0.25, 0.3) is 5.91 Å². The van der Waals surface area contributed by atoms with Crippen molar-refractivity contribution in [2.24, 2.45) is 4.99 Å². The first-order valence-electron chi connectivity index (χ1n) is 11.4. The molecule has 0 N–H and O–H groups in total. The predicted octanol–water partition coefficient (Wildman–Crippen LogP) is 4.48. The molecule has 0 aliphatic carbocycles. The van der Waals surface area contributed by atoms with Crippen molar-refractivity contribution in [2.45, 2.75) is 64.0 Å². The molecule has 2 fully saturated rings. The molecule has 1 aromatic carbocycles. The van der Waals surface area contributed by atoms with Gasteiger partial charge < -0.3 is 14.0 Å². The van der Waals surface area contributed by atoms with E-state index in [0.717, 1.165) is 29.9 Å². The zero-order valence-corrected chi connectivity index (χ0v) is 20.6. The number of ether oxygens (including phenoxy) is 2. The summed E-state index contributed by atoms with van der Waals surface area (Å²) in [6.07, 6.45) is -0.860. The van der Waals surface area contributed by atoms with Gasteiger partial charge in [-0.3, -0.25) is 9.69 Å². The van der Waals surface area contributed by atoms with Crippen LogP contribution in [0.15, 0.2) is 29.4 Å².